The number of hydrogen-bond donors (Lipinski definition) is 3. The van der Waals surface area contributed by atoms with Crippen molar-refractivity contribution in [3.8, 4) is 0 Å². The van der Waals surface area contributed by atoms with Gasteiger partial charge in [0.15, 0.2) is 0 Å². The van der Waals surface area contributed by atoms with E-state index < -0.39 is 35.8 Å². The van der Waals surface area contributed by atoms with Gasteiger partial charge in [0.2, 0.25) is 5.91 Å². The molecule has 0 radical (unpaired) electrons. The summed E-state index contributed by atoms with van der Waals surface area (Å²) in [6.45, 7) is -0.421. The average Bonchev–Trinajstić information content (AvgIpc) is 3.37. The molecule has 5 amide bonds. The van der Waals surface area contributed by atoms with Gasteiger partial charge in [-0.1, -0.05) is 24.3 Å². The molecule has 1 spiro atoms. The highest BCUT2D eigenvalue weighted by Crippen LogP contribution is 2.41. The number of nitrogens with one attached hydrogen (secondary N) is 2. The van der Waals surface area contributed by atoms with Gasteiger partial charge in [-0.25, -0.2) is 4.79 Å². The fourth-order valence-corrected chi connectivity index (χ4v) is 6.27. The zero-order chi connectivity index (χ0) is 21.8. The Kier molecular flexibility index (Phi) is 4.58. The highest BCUT2D eigenvalue weighted by molar-refractivity contribution is 7.17. The number of nitrogens with two attached hydrogens (primary N) is 1. The fourth-order valence-electron chi connectivity index (χ4n) is 4.96. The Labute approximate surface area is 182 Å². The van der Waals surface area contributed by atoms with Gasteiger partial charge in [0.25, 0.3) is 11.8 Å². The molecule has 1 aromatic carbocycles. The van der Waals surface area contributed by atoms with Crippen LogP contribution in [0.1, 0.15) is 51.2 Å². The van der Waals surface area contributed by atoms with E-state index in [1.807, 2.05) is 24.3 Å². The van der Waals surface area contributed by atoms with E-state index in [-0.39, 0.29) is 0 Å². The minimum Gasteiger partial charge on any atom is -0.365 e. The number of anilines is 1. The molecule has 5 rings (SSSR count). The molecule has 1 saturated heterocycles. The number of benzene rings is 1. The largest absolute Gasteiger partial charge is 0.365 e. The minimum absolute atomic E-state index is 0.353. The minimum atomic E-state index is -1.10. The van der Waals surface area contributed by atoms with Crippen LogP contribution in [0, 0.1) is 0 Å². The maximum Gasteiger partial charge on any atom is 0.325 e. The van der Waals surface area contributed by atoms with E-state index in [1.165, 1.54) is 11.3 Å². The number of nitrogens with zero attached hydrogens (tertiary/aromatic N) is 1. The predicted octanol–water partition coefficient (Wildman–Crippen LogP) is 2.06. The van der Waals surface area contributed by atoms with Crippen LogP contribution in [0.5, 0.6) is 0 Å². The Bertz CT molecular complexity index is 1140. The van der Waals surface area contributed by atoms with E-state index in [4.69, 9.17) is 5.73 Å². The molecule has 2 aromatic rings. The molecule has 1 aliphatic heterocycles. The zero-order valence-corrected chi connectivity index (χ0v) is 17.6. The average molecular weight is 439 g/mol. The Hall–Kier alpha value is -3.20. The molecular formula is C22H22N4O4S. The van der Waals surface area contributed by atoms with Crippen LogP contribution in [0.3, 0.4) is 0 Å². The Morgan fingerprint density at radius 2 is 1.94 bits per heavy atom. The third-order valence-corrected chi connectivity index (χ3v) is 7.60. The second-order valence-corrected chi connectivity index (χ2v) is 9.32. The number of thiophene rings is 1. The summed E-state index contributed by atoms with van der Waals surface area (Å²) in [6, 6.07) is 6.95. The van der Waals surface area contributed by atoms with Crippen molar-refractivity contribution in [1.82, 2.24) is 10.2 Å². The van der Waals surface area contributed by atoms with Crippen molar-refractivity contribution in [1.29, 1.82) is 0 Å². The van der Waals surface area contributed by atoms with Crippen molar-refractivity contribution in [3.63, 3.8) is 0 Å². The SMILES string of the molecule is NC(=O)c1c(NC(=O)CN2C(=O)N[C@@]3(CCc4ccccc43)C2=O)sc2c1CCCC2. The van der Waals surface area contributed by atoms with Gasteiger partial charge in [-0.15, -0.1) is 11.3 Å². The summed E-state index contributed by atoms with van der Waals surface area (Å²) in [4.78, 5) is 52.6. The van der Waals surface area contributed by atoms with Crippen LogP contribution in [0.25, 0.3) is 0 Å². The summed E-state index contributed by atoms with van der Waals surface area (Å²) >= 11 is 1.35. The molecule has 2 aliphatic carbocycles. The molecule has 160 valence electrons. The molecule has 1 aromatic heterocycles. The summed E-state index contributed by atoms with van der Waals surface area (Å²) in [6.07, 6.45) is 4.78. The Balaban J connectivity index is 1.36. The summed E-state index contributed by atoms with van der Waals surface area (Å²) in [5.41, 5.74) is 7.56. The number of carbonyl (C=O) groups excluding carboxylic acids is 4. The molecular weight excluding hydrogens is 416 g/mol. The lowest BCUT2D eigenvalue weighted by Gasteiger charge is -2.22. The van der Waals surface area contributed by atoms with Gasteiger partial charge in [0, 0.05) is 4.88 Å². The van der Waals surface area contributed by atoms with Crippen molar-refractivity contribution >= 4 is 40.1 Å². The number of urea groups is 1. The van der Waals surface area contributed by atoms with Crippen LogP contribution < -0.4 is 16.4 Å². The number of hydrogen-bond acceptors (Lipinski definition) is 5. The molecule has 2 heterocycles. The summed E-state index contributed by atoms with van der Waals surface area (Å²) in [7, 11) is 0. The van der Waals surface area contributed by atoms with Crippen LogP contribution in [0.2, 0.25) is 0 Å². The lowest BCUT2D eigenvalue weighted by atomic mass is 9.92. The molecule has 9 heteroatoms. The third kappa shape index (κ3) is 3.03. The smallest absolute Gasteiger partial charge is 0.325 e. The monoisotopic (exact) mass is 438 g/mol. The van der Waals surface area contributed by atoms with E-state index in [0.29, 0.717) is 23.4 Å². The normalized spacial score (nSPS) is 21.7. The van der Waals surface area contributed by atoms with Gasteiger partial charge >= 0.3 is 6.03 Å². The highest BCUT2D eigenvalue weighted by Gasteiger charge is 2.55. The number of carbonyl (C=O) groups is 4. The van der Waals surface area contributed by atoms with Gasteiger partial charge < -0.3 is 16.4 Å². The second kappa shape index (κ2) is 7.19. The molecule has 0 bridgehead atoms. The highest BCUT2D eigenvalue weighted by atomic mass is 32.1. The molecule has 1 atom stereocenters. The van der Waals surface area contributed by atoms with Crippen LogP contribution in [-0.2, 0) is 34.4 Å². The van der Waals surface area contributed by atoms with Crippen molar-refractivity contribution in [2.24, 2.45) is 5.73 Å². The summed E-state index contributed by atoms with van der Waals surface area (Å²) in [5, 5.41) is 5.93. The first kappa shape index (κ1) is 19.7. The summed E-state index contributed by atoms with van der Waals surface area (Å²) < 4.78 is 0. The van der Waals surface area contributed by atoms with Gasteiger partial charge in [0.05, 0.1) is 5.56 Å². The predicted molar refractivity (Wildman–Crippen MR) is 115 cm³/mol. The third-order valence-electron chi connectivity index (χ3n) is 6.39. The lowest BCUT2D eigenvalue weighted by Crippen LogP contribution is -2.43. The van der Waals surface area contributed by atoms with Gasteiger partial charge in [0.1, 0.15) is 17.1 Å². The fraction of sp³-hybridized carbons (Fsp3) is 0.364. The lowest BCUT2D eigenvalue weighted by molar-refractivity contribution is -0.134. The molecule has 31 heavy (non-hydrogen) atoms. The van der Waals surface area contributed by atoms with Crippen molar-refractivity contribution in [2.75, 3.05) is 11.9 Å². The first-order valence-electron chi connectivity index (χ1n) is 10.4. The molecule has 0 unspecified atom stereocenters. The molecule has 4 N–H and O–H groups in total. The maximum atomic E-state index is 13.2. The Morgan fingerprint density at radius 1 is 1.16 bits per heavy atom. The van der Waals surface area contributed by atoms with Gasteiger partial charge in [-0.2, -0.15) is 0 Å². The van der Waals surface area contributed by atoms with Crippen LogP contribution in [-0.4, -0.2) is 35.2 Å². The van der Waals surface area contributed by atoms with E-state index in [9.17, 15) is 19.2 Å². The van der Waals surface area contributed by atoms with E-state index in [1.54, 1.807) is 0 Å². The number of rotatable bonds is 4. The number of imide groups is 1. The summed E-state index contributed by atoms with van der Waals surface area (Å²) in [5.74, 6) is -1.53. The van der Waals surface area contributed by atoms with Crippen molar-refractivity contribution < 1.29 is 19.2 Å². The van der Waals surface area contributed by atoms with E-state index >= 15 is 0 Å². The number of primary amides is 1. The number of fused-ring (bicyclic) bond motifs is 3. The molecule has 3 aliphatic rings. The van der Waals surface area contributed by atoms with Crippen molar-refractivity contribution in [3.05, 3.63) is 51.4 Å². The molecule has 0 saturated carbocycles. The van der Waals surface area contributed by atoms with Gasteiger partial charge in [-0.05, 0) is 55.2 Å². The first-order valence-corrected chi connectivity index (χ1v) is 11.2. The molecule has 1 fully saturated rings. The maximum absolute atomic E-state index is 13.2. The molecule has 8 nitrogen and oxygen atoms in total. The Morgan fingerprint density at radius 3 is 2.74 bits per heavy atom. The quantitative estimate of drug-likeness (QED) is 0.633. The topological polar surface area (TPSA) is 122 Å². The van der Waals surface area contributed by atoms with E-state index in [0.717, 1.165) is 52.2 Å². The van der Waals surface area contributed by atoms with Crippen LogP contribution >= 0.6 is 11.3 Å². The van der Waals surface area contributed by atoms with Crippen LogP contribution in [0.15, 0.2) is 24.3 Å². The number of aryl methyl sites for hydroxylation is 2. The first-order chi connectivity index (χ1) is 14.9. The number of amides is 5. The van der Waals surface area contributed by atoms with Gasteiger partial charge in [-0.3, -0.25) is 19.3 Å². The van der Waals surface area contributed by atoms with Crippen molar-refractivity contribution in [2.45, 2.75) is 44.1 Å². The standard InChI is InChI=1S/C22H22N4O4S/c23-18(28)17-13-6-2-4-8-15(13)31-19(17)24-16(27)11-26-20(29)22(25-21(26)30)10-9-12-5-1-3-7-14(12)22/h1,3,5,7H,2,4,6,8-11H2,(H2,23,28)(H,24,27)(H,25,30)/t22-/m1/s1. The zero-order valence-electron chi connectivity index (χ0n) is 16.8. The van der Waals surface area contributed by atoms with Crippen LogP contribution in [0.4, 0.5) is 9.80 Å². The van der Waals surface area contributed by atoms with E-state index in [2.05, 4.69) is 10.6 Å². The second-order valence-electron chi connectivity index (χ2n) is 8.21.